The molecule has 0 atom stereocenters. The number of anilines is 1. The number of hydrogen-bond acceptors (Lipinski definition) is 5. The molecule has 2 aromatic carbocycles. The summed E-state index contributed by atoms with van der Waals surface area (Å²) in [6.07, 6.45) is 0. The van der Waals surface area contributed by atoms with Crippen molar-refractivity contribution >= 4 is 39.1 Å². The van der Waals surface area contributed by atoms with Crippen LogP contribution < -0.4 is 10.9 Å². The third kappa shape index (κ3) is 3.97. The molecule has 2 N–H and O–H groups in total. The number of carboxylic acids is 1. The van der Waals surface area contributed by atoms with Crippen molar-refractivity contribution in [3.8, 4) is 11.4 Å². The van der Waals surface area contributed by atoms with E-state index in [0.717, 1.165) is 22.5 Å². The summed E-state index contributed by atoms with van der Waals surface area (Å²) in [5.41, 5.74) is 2.59. The zero-order valence-corrected chi connectivity index (χ0v) is 17.7. The number of fused-ring (bicyclic) bond motifs is 1. The molecule has 0 unspecified atom stereocenters. The maximum Gasteiger partial charge on any atom is 0.337 e. The van der Waals surface area contributed by atoms with Crippen molar-refractivity contribution in [3.63, 3.8) is 0 Å². The molecule has 0 spiro atoms. The largest absolute Gasteiger partial charge is 0.478 e. The van der Waals surface area contributed by atoms with Crippen LogP contribution in [0, 0.1) is 13.8 Å². The van der Waals surface area contributed by atoms with Gasteiger partial charge in [-0.15, -0.1) is 11.3 Å². The van der Waals surface area contributed by atoms with Crippen molar-refractivity contribution < 1.29 is 14.7 Å². The fraction of sp³-hybridized carbons (Fsp3) is 0.130. The molecule has 0 saturated heterocycles. The van der Waals surface area contributed by atoms with E-state index in [1.165, 1.54) is 9.95 Å². The molecule has 0 radical (unpaired) electrons. The van der Waals surface area contributed by atoms with Gasteiger partial charge in [-0.2, -0.15) is 0 Å². The Labute approximate surface area is 181 Å². The molecule has 31 heavy (non-hydrogen) atoms. The first-order valence-electron chi connectivity index (χ1n) is 9.53. The van der Waals surface area contributed by atoms with Crippen molar-refractivity contribution in [1.29, 1.82) is 0 Å². The molecule has 156 valence electrons. The van der Waals surface area contributed by atoms with Crippen molar-refractivity contribution in [2.45, 2.75) is 20.4 Å². The van der Waals surface area contributed by atoms with Gasteiger partial charge in [-0.1, -0.05) is 42.0 Å². The summed E-state index contributed by atoms with van der Waals surface area (Å²) >= 11 is 1.10. The van der Waals surface area contributed by atoms with Gasteiger partial charge in [0.15, 0.2) is 0 Å². The van der Waals surface area contributed by atoms with Gasteiger partial charge in [-0.05, 0) is 31.5 Å². The second-order valence-electron chi connectivity index (χ2n) is 7.19. The average Bonchev–Trinajstić information content (AvgIpc) is 3.17. The van der Waals surface area contributed by atoms with Crippen molar-refractivity contribution in [1.82, 2.24) is 9.55 Å². The molecule has 4 aromatic rings. The maximum absolute atomic E-state index is 13.3. The zero-order valence-electron chi connectivity index (χ0n) is 16.9. The number of aromatic nitrogens is 2. The molecule has 0 saturated carbocycles. The zero-order chi connectivity index (χ0) is 22.1. The summed E-state index contributed by atoms with van der Waals surface area (Å²) in [4.78, 5) is 42.6. The number of nitrogens with one attached hydrogen (secondary N) is 1. The number of carboxylic acid groups (broad SMARTS) is 1. The Kier molecular flexibility index (Phi) is 5.39. The number of hydrogen-bond donors (Lipinski definition) is 2. The van der Waals surface area contributed by atoms with Crippen LogP contribution in [0.3, 0.4) is 0 Å². The second-order valence-corrected chi connectivity index (χ2v) is 8.05. The average molecular weight is 433 g/mol. The molecule has 8 heteroatoms. The minimum absolute atomic E-state index is 0.0120. The van der Waals surface area contributed by atoms with Crippen LogP contribution >= 0.6 is 11.3 Å². The molecule has 0 aliphatic heterocycles. The molecule has 0 aliphatic rings. The molecule has 0 bridgehead atoms. The van der Waals surface area contributed by atoms with Gasteiger partial charge in [0, 0.05) is 16.6 Å². The van der Waals surface area contributed by atoms with Crippen molar-refractivity contribution in [2.24, 2.45) is 0 Å². The van der Waals surface area contributed by atoms with E-state index < -0.39 is 17.4 Å². The van der Waals surface area contributed by atoms with Gasteiger partial charge in [-0.3, -0.25) is 14.2 Å². The summed E-state index contributed by atoms with van der Waals surface area (Å²) < 4.78 is 1.24. The molecule has 2 aromatic heterocycles. The summed E-state index contributed by atoms with van der Waals surface area (Å²) in [7, 11) is 0. The molecule has 7 nitrogen and oxygen atoms in total. The van der Waals surface area contributed by atoms with Gasteiger partial charge in [-0.25, -0.2) is 9.78 Å². The molecular formula is C23H19N3O4S. The van der Waals surface area contributed by atoms with E-state index in [2.05, 4.69) is 10.3 Å². The van der Waals surface area contributed by atoms with Crippen LogP contribution in [0.2, 0.25) is 0 Å². The van der Waals surface area contributed by atoms with Gasteiger partial charge in [0.2, 0.25) is 5.91 Å². The number of rotatable bonds is 5. The minimum Gasteiger partial charge on any atom is -0.478 e. The van der Waals surface area contributed by atoms with E-state index >= 15 is 0 Å². The second kappa shape index (κ2) is 8.16. The van der Waals surface area contributed by atoms with Gasteiger partial charge in [0.05, 0.1) is 10.9 Å². The summed E-state index contributed by atoms with van der Waals surface area (Å²) in [5, 5.41) is 13.7. The molecule has 2 heterocycles. The fourth-order valence-electron chi connectivity index (χ4n) is 3.34. The van der Waals surface area contributed by atoms with Crippen molar-refractivity contribution in [2.75, 3.05) is 5.32 Å². The van der Waals surface area contributed by atoms with E-state index in [1.807, 2.05) is 50.2 Å². The van der Waals surface area contributed by atoms with Gasteiger partial charge in [0.25, 0.3) is 5.56 Å². The fourth-order valence-corrected chi connectivity index (χ4v) is 4.24. The van der Waals surface area contributed by atoms with Crippen LogP contribution in [0.25, 0.3) is 21.6 Å². The number of nitrogens with zero attached hydrogens (tertiary/aromatic N) is 2. The van der Waals surface area contributed by atoms with Crippen LogP contribution in [-0.4, -0.2) is 26.5 Å². The quantitative estimate of drug-likeness (QED) is 0.494. The highest BCUT2D eigenvalue weighted by molar-refractivity contribution is 7.17. The lowest BCUT2D eigenvalue weighted by atomic mass is 10.1. The number of aryl methyl sites for hydroxylation is 2. The summed E-state index contributed by atoms with van der Waals surface area (Å²) in [6, 6.07) is 14.7. The lowest BCUT2D eigenvalue weighted by Gasteiger charge is -2.14. The highest BCUT2D eigenvalue weighted by Gasteiger charge is 2.22. The molecule has 1 amide bonds. The van der Waals surface area contributed by atoms with Crippen LogP contribution in [0.15, 0.2) is 58.7 Å². The number of aromatic carboxylic acids is 1. The van der Waals surface area contributed by atoms with Crippen LogP contribution in [0.5, 0.6) is 0 Å². The predicted molar refractivity (Wildman–Crippen MR) is 121 cm³/mol. The monoisotopic (exact) mass is 433 g/mol. The SMILES string of the molecule is Cc1ccc(NC(=O)Cn2c(-c3ccccc3C)nc3scc(C(=O)O)c3c2=O)cc1. The molecule has 0 fully saturated rings. The third-order valence-electron chi connectivity index (χ3n) is 4.95. The maximum atomic E-state index is 13.3. The topological polar surface area (TPSA) is 101 Å². The Morgan fingerprint density at radius 1 is 1.10 bits per heavy atom. The Bertz CT molecular complexity index is 1370. The van der Waals surface area contributed by atoms with Crippen LogP contribution in [0.1, 0.15) is 21.5 Å². The van der Waals surface area contributed by atoms with Crippen molar-refractivity contribution in [3.05, 3.63) is 81.0 Å². The standard InChI is InChI=1S/C23H19N3O4S/c1-13-7-9-15(10-8-13)24-18(27)11-26-20(16-6-4-3-5-14(16)2)25-21-19(22(26)28)17(12-31-21)23(29)30/h3-10,12H,11H2,1-2H3,(H,24,27)(H,29,30). The van der Waals surface area contributed by atoms with Crippen LogP contribution in [-0.2, 0) is 11.3 Å². The lowest BCUT2D eigenvalue weighted by molar-refractivity contribution is -0.116. The molecule has 0 aliphatic carbocycles. The van der Waals surface area contributed by atoms with Gasteiger partial charge >= 0.3 is 5.97 Å². The number of amides is 1. The number of thiophene rings is 1. The Balaban J connectivity index is 1.84. The highest BCUT2D eigenvalue weighted by Crippen LogP contribution is 2.27. The number of carbonyl (C=O) groups excluding carboxylic acids is 1. The summed E-state index contributed by atoms with van der Waals surface area (Å²) in [5.74, 6) is -1.29. The Hall–Kier alpha value is -3.78. The lowest BCUT2D eigenvalue weighted by Crippen LogP contribution is -2.30. The first-order valence-corrected chi connectivity index (χ1v) is 10.4. The minimum atomic E-state index is -1.20. The van der Waals surface area contributed by atoms with E-state index in [-0.39, 0.29) is 17.5 Å². The van der Waals surface area contributed by atoms with E-state index in [4.69, 9.17) is 0 Å². The normalized spacial score (nSPS) is 10.9. The molecular weight excluding hydrogens is 414 g/mol. The smallest absolute Gasteiger partial charge is 0.337 e. The first kappa shape index (κ1) is 20.5. The molecule has 4 rings (SSSR count). The predicted octanol–water partition coefficient (Wildman–Crippen LogP) is 4.08. The summed E-state index contributed by atoms with van der Waals surface area (Å²) in [6.45, 7) is 3.54. The highest BCUT2D eigenvalue weighted by atomic mass is 32.1. The van der Waals surface area contributed by atoms with E-state index in [9.17, 15) is 19.5 Å². The van der Waals surface area contributed by atoms with Gasteiger partial charge in [0.1, 0.15) is 17.2 Å². The number of carbonyl (C=O) groups is 2. The van der Waals surface area contributed by atoms with Crippen LogP contribution in [0.4, 0.5) is 5.69 Å². The first-order chi connectivity index (χ1) is 14.8. The Morgan fingerprint density at radius 3 is 2.48 bits per heavy atom. The third-order valence-corrected chi connectivity index (χ3v) is 5.82. The Morgan fingerprint density at radius 2 is 1.81 bits per heavy atom. The van der Waals surface area contributed by atoms with E-state index in [0.29, 0.717) is 21.9 Å². The van der Waals surface area contributed by atoms with E-state index in [1.54, 1.807) is 12.1 Å². The number of benzene rings is 2. The van der Waals surface area contributed by atoms with Gasteiger partial charge < -0.3 is 10.4 Å².